The van der Waals surface area contributed by atoms with E-state index in [-0.39, 0.29) is 17.9 Å². The molecule has 3 aromatic rings. The molecule has 1 aliphatic heterocycles. The van der Waals surface area contributed by atoms with E-state index >= 15 is 0 Å². The number of nitrogens with zero attached hydrogens (tertiary/aromatic N) is 2. The predicted octanol–water partition coefficient (Wildman–Crippen LogP) is 2.58. The number of hydrogen-bond donors (Lipinski definition) is 3. The number of nitrogens with two attached hydrogens (primary N) is 1. The number of primary amides is 1. The van der Waals surface area contributed by atoms with Gasteiger partial charge in [0.05, 0.1) is 17.1 Å². The minimum absolute atomic E-state index is 0.0567. The molecule has 0 aliphatic carbocycles. The second-order valence-electron chi connectivity index (χ2n) is 7.48. The van der Waals surface area contributed by atoms with Crippen LogP contribution in [0.2, 0.25) is 0 Å². The zero-order valence-electron chi connectivity index (χ0n) is 16.2. The highest BCUT2D eigenvalue weighted by Gasteiger charge is 2.28. The number of rotatable bonds is 7. The highest BCUT2D eigenvalue weighted by atomic mass is 16.2. The molecule has 29 heavy (non-hydrogen) atoms. The monoisotopic (exact) mass is 391 g/mol. The van der Waals surface area contributed by atoms with Gasteiger partial charge in [-0.1, -0.05) is 24.3 Å². The van der Waals surface area contributed by atoms with Crippen LogP contribution in [0.1, 0.15) is 30.7 Å². The zero-order chi connectivity index (χ0) is 20.2. The Bertz CT molecular complexity index is 996. The third kappa shape index (κ3) is 4.63. The summed E-state index contributed by atoms with van der Waals surface area (Å²) in [4.78, 5) is 33.8. The second-order valence-corrected chi connectivity index (χ2v) is 7.48. The largest absolute Gasteiger partial charge is 0.368 e. The van der Waals surface area contributed by atoms with E-state index in [9.17, 15) is 9.59 Å². The van der Waals surface area contributed by atoms with Crippen LogP contribution in [-0.4, -0.2) is 39.3 Å². The summed E-state index contributed by atoms with van der Waals surface area (Å²) in [6.45, 7) is 1.51. The van der Waals surface area contributed by atoms with Gasteiger partial charge in [0.1, 0.15) is 5.82 Å². The molecule has 0 bridgehead atoms. The van der Waals surface area contributed by atoms with Crippen molar-refractivity contribution in [2.45, 2.75) is 38.3 Å². The molecule has 150 valence electrons. The number of benzene rings is 2. The van der Waals surface area contributed by atoms with Gasteiger partial charge < -0.3 is 16.0 Å². The van der Waals surface area contributed by atoms with Crippen LogP contribution in [0.15, 0.2) is 48.5 Å². The lowest BCUT2D eigenvalue weighted by Gasteiger charge is -2.22. The number of amides is 2. The van der Waals surface area contributed by atoms with Crippen molar-refractivity contribution < 1.29 is 9.59 Å². The average molecular weight is 391 g/mol. The molecule has 7 nitrogen and oxygen atoms in total. The van der Waals surface area contributed by atoms with Crippen LogP contribution in [-0.2, 0) is 22.6 Å². The van der Waals surface area contributed by atoms with Crippen LogP contribution in [0.4, 0.5) is 5.69 Å². The zero-order valence-corrected chi connectivity index (χ0v) is 16.2. The van der Waals surface area contributed by atoms with Gasteiger partial charge in [0.25, 0.3) is 0 Å². The number of carbonyl (C=O) groups is 2. The van der Waals surface area contributed by atoms with Crippen molar-refractivity contribution in [3.8, 4) is 0 Å². The van der Waals surface area contributed by atoms with Gasteiger partial charge in [0, 0.05) is 25.1 Å². The number of H-pyrrole nitrogens is 1. The fourth-order valence-electron chi connectivity index (χ4n) is 3.90. The van der Waals surface area contributed by atoms with E-state index in [0.717, 1.165) is 47.5 Å². The Hall–Kier alpha value is -3.19. The molecule has 1 aromatic heterocycles. The Kier molecular flexibility index (Phi) is 5.57. The van der Waals surface area contributed by atoms with Crippen LogP contribution in [0.3, 0.4) is 0 Å². The SMILES string of the molecule is NC(=O)C1CCCN1Cc1cccc(NC(=O)CCc2nc3ccccc3[nH]2)c1. The van der Waals surface area contributed by atoms with Crippen molar-refractivity contribution in [1.29, 1.82) is 0 Å². The number of aromatic amines is 1. The Balaban J connectivity index is 1.33. The van der Waals surface area contributed by atoms with Gasteiger partial charge in [0.2, 0.25) is 11.8 Å². The minimum Gasteiger partial charge on any atom is -0.368 e. The third-order valence-corrected chi connectivity index (χ3v) is 5.32. The van der Waals surface area contributed by atoms with Gasteiger partial charge in [0.15, 0.2) is 0 Å². The van der Waals surface area contributed by atoms with Gasteiger partial charge in [-0.05, 0) is 49.2 Å². The quantitative estimate of drug-likeness (QED) is 0.576. The Morgan fingerprint density at radius 2 is 2.07 bits per heavy atom. The summed E-state index contributed by atoms with van der Waals surface area (Å²) >= 11 is 0. The molecule has 2 aromatic carbocycles. The third-order valence-electron chi connectivity index (χ3n) is 5.32. The standard InChI is InChI=1S/C22H25N5O2/c23-22(29)19-9-4-12-27(19)14-15-5-3-6-16(13-15)24-21(28)11-10-20-25-17-7-1-2-8-18(17)26-20/h1-3,5-8,13,19H,4,9-12,14H2,(H2,23,29)(H,24,28)(H,25,26). The summed E-state index contributed by atoms with van der Waals surface area (Å²) in [6, 6.07) is 15.4. The average Bonchev–Trinajstić information content (AvgIpc) is 3.33. The van der Waals surface area contributed by atoms with Gasteiger partial charge >= 0.3 is 0 Å². The van der Waals surface area contributed by atoms with E-state index in [0.29, 0.717) is 19.4 Å². The van der Waals surface area contributed by atoms with E-state index in [1.165, 1.54) is 0 Å². The van der Waals surface area contributed by atoms with E-state index in [4.69, 9.17) is 5.73 Å². The lowest BCUT2D eigenvalue weighted by atomic mass is 10.1. The number of para-hydroxylation sites is 2. The molecule has 0 spiro atoms. The summed E-state index contributed by atoms with van der Waals surface area (Å²) in [6.07, 6.45) is 2.69. The van der Waals surface area contributed by atoms with Crippen molar-refractivity contribution in [3.05, 3.63) is 59.9 Å². The number of hydrogen-bond acceptors (Lipinski definition) is 4. The van der Waals surface area contributed by atoms with Crippen molar-refractivity contribution in [3.63, 3.8) is 0 Å². The Morgan fingerprint density at radius 1 is 1.21 bits per heavy atom. The predicted molar refractivity (Wildman–Crippen MR) is 112 cm³/mol. The lowest BCUT2D eigenvalue weighted by molar-refractivity contribution is -0.122. The van der Waals surface area contributed by atoms with Gasteiger partial charge in [-0.15, -0.1) is 0 Å². The van der Waals surface area contributed by atoms with E-state index < -0.39 is 0 Å². The second kappa shape index (κ2) is 8.45. The number of anilines is 1. The molecule has 7 heteroatoms. The molecule has 4 N–H and O–H groups in total. The number of fused-ring (bicyclic) bond motifs is 1. The molecule has 2 heterocycles. The normalized spacial score (nSPS) is 16.9. The van der Waals surface area contributed by atoms with Crippen LogP contribution in [0, 0.1) is 0 Å². The fourth-order valence-corrected chi connectivity index (χ4v) is 3.90. The van der Waals surface area contributed by atoms with Gasteiger partial charge in [-0.3, -0.25) is 14.5 Å². The number of likely N-dealkylation sites (tertiary alicyclic amines) is 1. The molecular weight excluding hydrogens is 366 g/mol. The molecule has 1 aliphatic rings. The molecule has 1 saturated heterocycles. The van der Waals surface area contributed by atoms with E-state index in [1.807, 2.05) is 48.5 Å². The first-order valence-corrected chi connectivity index (χ1v) is 9.94. The van der Waals surface area contributed by atoms with Crippen molar-refractivity contribution in [2.75, 3.05) is 11.9 Å². The van der Waals surface area contributed by atoms with Crippen LogP contribution < -0.4 is 11.1 Å². The number of imidazole rings is 1. The summed E-state index contributed by atoms with van der Waals surface area (Å²) in [5, 5.41) is 2.95. The number of nitrogens with one attached hydrogen (secondary N) is 2. The van der Waals surface area contributed by atoms with Crippen molar-refractivity contribution in [1.82, 2.24) is 14.9 Å². The van der Waals surface area contributed by atoms with Crippen LogP contribution in [0.5, 0.6) is 0 Å². The maximum Gasteiger partial charge on any atom is 0.234 e. The van der Waals surface area contributed by atoms with Gasteiger partial charge in [-0.2, -0.15) is 0 Å². The first-order valence-electron chi connectivity index (χ1n) is 9.94. The summed E-state index contributed by atoms with van der Waals surface area (Å²) in [5.41, 5.74) is 9.19. The summed E-state index contributed by atoms with van der Waals surface area (Å²) in [7, 11) is 0. The van der Waals surface area contributed by atoms with Crippen molar-refractivity contribution in [2.24, 2.45) is 5.73 Å². The van der Waals surface area contributed by atoms with Crippen LogP contribution in [0.25, 0.3) is 11.0 Å². The Morgan fingerprint density at radius 3 is 2.90 bits per heavy atom. The topological polar surface area (TPSA) is 104 Å². The molecule has 1 atom stereocenters. The molecule has 4 rings (SSSR count). The lowest BCUT2D eigenvalue weighted by Crippen LogP contribution is -2.39. The molecule has 1 unspecified atom stereocenters. The highest BCUT2D eigenvalue weighted by molar-refractivity contribution is 5.91. The minimum atomic E-state index is -0.266. The molecule has 0 radical (unpaired) electrons. The molecular formula is C22H25N5O2. The first-order chi connectivity index (χ1) is 14.1. The number of aromatic nitrogens is 2. The fraction of sp³-hybridized carbons (Fsp3) is 0.318. The summed E-state index contributed by atoms with van der Waals surface area (Å²) in [5.74, 6) is 0.484. The maximum absolute atomic E-state index is 12.4. The Labute approximate surface area is 169 Å². The molecule has 1 fully saturated rings. The number of aryl methyl sites for hydroxylation is 1. The highest BCUT2D eigenvalue weighted by Crippen LogP contribution is 2.21. The van der Waals surface area contributed by atoms with E-state index in [1.54, 1.807) is 0 Å². The maximum atomic E-state index is 12.4. The molecule has 2 amide bonds. The first kappa shape index (κ1) is 19.1. The number of carbonyl (C=O) groups excluding carboxylic acids is 2. The smallest absolute Gasteiger partial charge is 0.234 e. The van der Waals surface area contributed by atoms with Gasteiger partial charge in [-0.25, -0.2) is 4.98 Å². The van der Waals surface area contributed by atoms with E-state index in [2.05, 4.69) is 20.2 Å². The van der Waals surface area contributed by atoms with Crippen LogP contribution >= 0.6 is 0 Å². The summed E-state index contributed by atoms with van der Waals surface area (Å²) < 4.78 is 0. The molecule has 0 saturated carbocycles. The van der Waals surface area contributed by atoms with Crippen molar-refractivity contribution >= 4 is 28.5 Å².